The first-order chi connectivity index (χ1) is 9.65. The Bertz CT molecular complexity index is 873. The molecular formula is C14H7N2O3S-. The van der Waals surface area contributed by atoms with Crippen LogP contribution in [0.25, 0.3) is 20.8 Å². The Morgan fingerprint density at radius 1 is 1.05 bits per heavy atom. The van der Waals surface area contributed by atoms with Crippen LogP contribution in [0.2, 0.25) is 0 Å². The maximum atomic E-state index is 11.9. The molecule has 0 aliphatic rings. The van der Waals surface area contributed by atoms with Crippen LogP contribution in [0.1, 0.15) is 10.5 Å². The average Bonchev–Trinajstić information content (AvgIpc) is 2.47. The molecule has 0 atom stereocenters. The lowest BCUT2D eigenvalue weighted by molar-refractivity contribution is -0.255. The molecule has 3 aromatic rings. The average molecular weight is 283 g/mol. The Balaban J connectivity index is 2.22. The quantitative estimate of drug-likeness (QED) is 0.702. The minimum Gasteiger partial charge on any atom is -0.543 e. The predicted octanol–water partition coefficient (Wildman–Crippen LogP) is 1.08. The van der Waals surface area contributed by atoms with E-state index in [0.29, 0.717) is 16.1 Å². The van der Waals surface area contributed by atoms with Crippen LogP contribution in [0, 0.1) is 0 Å². The Labute approximate surface area is 117 Å². The van der Waals surface area contributed by atoms with Gasteiger partial charge >= 0.3 is 0 Å². The zero-order valence-corrected chi connectivity index (χ0v) is 10.9. The third kappa shape index (κ3) is 2.17. The number of hydrogen-bond donors (Lipinski definition) is 0. The normalized spacial score (nSPS) is 10.6. The molecule has 20 heavy (non-hydrogen) atoms. The van der Waals surface area contributed by atoms with E-state index in [1.807, 2.05) is 12.1 Å². The molecule has 2 aromatic heterocycles. The first-order valence-corrected chi connectivity index (χ1v) is 6.55. The molecule has 0 radical (unpaired) electrons. The van der Waals surface area contributed by atoms with Gasteiger partial charge in [-0.05, 0) is 24.3 Å². The molecule has 0 spiro atoms. The van der Waals surface area contributed by atoms with E-state index in [0.717, 1.165) is 4.70 Å². The smallest absolute Gasteiger partial charge is 0.279 e. The molecule has 0 bridgehead atoms. The summed E-state index contributed by atoms with van der Waals surface area (Å²) in [6.07, 6.45) is 0. The van der Waals surface area contributed by atoms with E-state index in [2.05, 4.69) is 9.97 Å². The van der Waals surface area contributed by atoms with Crippen molar-refractivity contribution in [3.8, 4) is 10.7 Å². The lowest BCUT2D eigenvalue weighted by Gasteiger charge is -2.04. The van der Waals surface area contributed by atoms with Gasteiger partial charge in [-0.25, -0.2) is 4.98 Å². The van der Waals surface area contributed by atoms with Gasteiger partial charge in [0.25, 0.3) is 5.56 Å². The van der Waals surface area contributed by atoms with Gasteiger partial charge in [-0.2, -0.15) is 4.98 Å². The first-order valence-electron chi connectivity index (χ1n) is 5.74. The van der Waals surface area contributed by atoms with Crippen LogP contribution in [0.3, 0.4) is 0 Å². The molecule has 0 aliphatic heterocycles. The number of hydrogen-bond acceptors (Lipinski definition) is 6. The van der Waals surface area contributed by atoms with Gasteiger partial charge in [0.05, 0.1) is 22.7 Å². The van der Waals surface area contributed by atoms with Crippen molar-refractivity contribution in [2.45, 2.75) is 0 Å². The second-order valence-corrected chi connectivity index (χ2v) is 5.05. The van der Waals surface area contributed by atoms with Crippen LogP contribution in [-0.4, -0.2) is 15.9 Å². The summed E-state index contributed by atoms with van der Waals surface area (Å²) in [5, 5.41) is 11.7. The number of carboxylic acid groups (broad SMARTS) is 1. The Hall–Kier alpha value is -2.60. The Morgan fingerprint density at radius 3 is 2.65 bits per heavy atom. The fourth-order valence-electron chi connectivity index (χ4n) is 1.79. The van der Waals surface area contributed by atoms with E-state index in [1.54, 1.807) is 24.3 Å². The second-order valence-electron chi connectivity index (χ2n) is 4.02. The van der Waals surface area contributed by atoms with Crippen molar-refractivity contribution < 1.29 is 9.90 Å². The molecular weight excluding hydrogens is 276 g/mol. The van der Waals surface area contributed by atoms with Gasteiger partial charge in [-0.15, -0.1) is 11.3 Å². The van der Waals surface area contributed by atoms with Crippen LogP contribution in [-0.2, 0) is 0 Å². The van der Waals surface area contributed by atoms with Crippen LogP contribution >= 0.6 is 11.3 Å². The van der Waals surface area contributed by atoms with E-state index in [4.69, 9.17) is 0 Å². The van der Waals surface area contributed by atoms with Crippen molar-refractivity contribution >= 4 is 27.4 Å². The van der Waals surface area contributed by atoms with Crippen LogP contribution in [0.4, 0.5) is 0 Å². The molecule has 3 rings (SSSR count). The van der Waals surface area contributed by atoms with Crippen molar-refractivity contribution in [3.63, 3.8) is 0 Å². The fourth-order valence-corrected chi connectivity index (χ4v) is 2.76. The number of aromatic carboxylic acids is 1. The predicted molar refractivity (Wildman–Crippen MR) is 73.5 cm³/mol. The van der Waals surface area contributed by atoms with Gasteiger partial charge in [-0.1, -0.05) is 18.2 Å². The highest BCUT2D eigenvalue weighted by atomic mass is 32.1. The van der Waals surface area contributed by atoms with Crippen LogP contribution in [0.5, 0.6) is 0 Å². The number of carbonyl (C=O) groups excluding carboxylic acids is 1. The second kappa shape index (κ2) is 4.82. The molecule has 6 heteroatoms. The Kier molecular flexibility index (Phi) is 3.00. The molecule has 5 nitrogen and oxygen atoms in total. The molecule has 0 fully saturated rings. The highest BCUT2D eigenvalue weighted by molar-refractivity contribution is 7.21. The molecule has 1 aromatic carbocycles. The van der Waals surface area contributed by atoms with E-state index in [9.17, 15) is 14.7 Å². The number of aromatic nitrogens is 2. The largest absolute Gasteiger partial charge is 0.543 e. The maximum Gasteiger partial charge on any atom is 0.279 e. The molecule has 0 unspecified atom stereocenters. The number of rotatable bonds is 2. The van der Waals surface area contributed by atoms with Crippen molar-refractivity contribution in [1.82, 2.24) is 9.97 Å². The number of fused-ring (bicyclic) bond motifs is 1. The standard InChI is InChI=1S/C14H8N2O3S/c17-12-8-4-1-2-7-11(8)20-13(16-12)9-5-3-6-10(15-9)14(18)19/h1-7H,(H,18,19)/p-1. The molecule has 2 heterocycles. The van der Waals surface area contributed by atoms with Gasteiger partial charge in [0.1, 0.15) is 5.01 Å². The summed E-state index contributed by atoms with van der Waals surface area (Å²) in [4.78, 5) is 30.6. The summed E-state index contributed by atoms with van der Waals surface area (Å²) in [5.74, 6) is -1.36. The molecule has 0 saturated heterocycles. The summed E-state index contributed by atoms with van der Waals surface area (Å²) in [6.45, 7) is 0. The van der Waals surface area contributed by atoms with Crippen molar-refractivity contribution in [2.75, 3.05) is 0 Å². The van der Waals surface area contributed by atoms with E-state index in [1.165, 1.54) is 17.4 Å². The third-order valence-corrected chi connectivity index (χ3v) is 3.77. The van der Waals surface area contributed by atoms with E-state index >= 15 is 0 Å². The maximum absolute atomic E-state index is 11.9. The lowest BCUT2D eigenvalue weighted by atomic mass is 10.3. The fraction of sp³-hybridized carbons (Fsp3) is 0. The number of carbonyl (C=O) groups is 1. The van der Waals surface area contributed by atoms with Crippen molar-refractivity contribution in [3.05, 3.63) is 58.5 Å². The molecule has 0 aliphatic carbocycles. The van der Waals surface area contributed by atoms with Gasteiger partial charge < -0.3 is 9.90 Å². The first kappa shape index (κ1) is 12.4. The van der Waals surface area contributed by atoms with Gasteiger partial charge in [0.2, 0.25) is 0 Å². The minimum atomic E-state index is -1.36. The summed E-state index contributed by atoms with van der Waals surface area (Å²) >= 11 is 1.29. The number of pyridine rings is 1. The topological polar surface area (TPSA) is 83.0 Å². The molecule has 98 valence electrons. The third-order valence-electron chi connectivity index (χ3n) is 2.70. The molecule has 0 amide bonds. The molecule has 0 N–H and O–H groups in total. The van der Waals surface area contributed by atoms with Crippen LogP contribution < -0.4 is 10.7 Å². The van der Waals surface area contributed by atoms with Gasteiger partial charge in [-0.3, -0.25) is 4.79 Å². The number of carboxylic acids is 1. The highest BCUT2D eigenvalue weighted by Gasteiger charge is 2.08. The number of benzene rings is 1. The van der Waals surface area contributed by atoms with E-state index in [-0.39, 0.29) is 11.3 Å². The zero-order valence-electron chi connectivity index (χ0n) is 10.1. The lowest BCUT2D eigenvalue weighted by Crippen LogP contribution is -2.23. The minimum absolute atomic E-state index is 0.183. The summed E-state index contributed by atoms with van der Waals surface area (Å²) < 4.78 is 0.781. The summed E-state index contributed by atoms with van der Waals surface area (Å²) in [6, 6.07) is 11.6. The highest BCUT2D eigenvalue weighted by Crippen LogP contribution is 2.24. The summed E-state index contributed by atoms with van der Waals surface area (Å²) in [5.41, 5.74) is -0.188. The number of nitrogens with zero attached hydrogens (tertiary/aromatic N) is 2. The summed E-state index contributed by atoms with van der Waals surface area (Å²) in [7, 11) is 0. The Morgan fingerprint density at radius 2 is 1.85 bits per heavy atom. The van der Waals surface area contributed by atoms with Crippen molar-refractivity contribution in [1.29, 1.82) is 0 Å². The monoisotopic (exact) mass is 283 g/mol. The zero-order chi connectivity index (χ0) is 14.1. The molecule has 0 saturated carbocycles. The van der Waals surface area contributed by atoms with Gasteiger partial charge in [0.15, 0.2) is 0 Å². The van der Waals surface area contributed by atoms with E-state index < -0.39 is 5.97 Å². The van der Waals surface area contributed by atoms with Crippen LogP contribution in [0.15, 0.2) is 47.3 Å². The van der Waals surface area contributed by atoms with Crippen molar-refractivity contribution in [2.24, 2.45) is 0 Å². The SMILES string of the molecule is O=C([O-])c1cccc(-c2nc(=O)c3ccccc3s2)n1. The van der Waals surface area contributed by atoms with Gasteiger partial charge in [0, 0.05) is 4.70 Å².